The summed E-state index contributed by atoms with van der Waals surface area (Å²) >= 11 is 0. The Hall–Kier alpha value is -4.64. The summed E-state index contributed by atoms with van der Waals surface area (Å²) in [7, 11) is 1.37. The van der Waals surface area contributed by atoms with Crippen molar-refractivity contribution in [2.75, 3.05) is 55.5 Å². The zero-order valence-electron chi connectivity index (χ0n) is 20.9. The summed E-state index contributed by atoms with van der Waals surface area (Å²) in [6.45, 7) is 3.41. The van der Waals surface area contributed by atoms with Gasteiger partial charge in [-0.15, -0.1) is 0 Å². The summed E-state index contributed by atoms with van der Waals surface area (Å²) in [5.74, 6) is 1.32. The molecular formula is C27H26N8O3. The Morgan fingerprint density at radius 1 is 1.00 bits per heavy atom. The zero-order valence-corrected chi connectivity index (χ0v) is 20.9. The zero-order chi connectivity index (χ0) is 26.1. The topological polar surface area (TPSA) is 132 Å². The number of methoxy groups -OCH3 is 1. The lowest BCUT2D eigenvalue weighted by Crippen LogP contribution is -2.37. The van der Waals surface area contributed by atoms with Gasteiger partial charge in [-0.05, 0) is 30.7 Å². The van der Waals surface area contributed by atoms with Gasteiger partial charge in [-0.1, -0.05) is 12.1 Å². The van der Waals surface area contributed by atoms with Gasteiger partial charge in [-0.25, -0.2) is 19.7 Å². The molecule has 11 heteroatoms. The third-order valence-corrected chi connectivity index (χ3v) is 6.69. The van der Waals surface area contributed by atoms with Crippen LogP contribution in [0.3, 0.4) is 0 Å². The van der Waals surface area contributed by atoms with Gasteiger partial charge in [0.25, 0.3) is 0 Å². The molecule has 0 amide bonds. The SMILES string of the molecule is COC(=O)c1cccc(-c2cc(N3CCc4c(-c5cnc(N)nc5)nc(N5CCOCC5)nc43)ccn2)c1. The fourth-order valence-corrected chi connectivity index (χ4v) is 4.77. The van der Waals surface area contributed by atoms with Crippen molar-refractivity contribution in [2.45, 2.75) is 6.42 Å². The Balaban J connectivity index is 1.42. The lowest BCUT2D eigenvalue weighted by atomic mass is 10.1. The fourth-order valence-electron chi connectivity index (χ4n) is 4.77. The molecule has 4 aromatic rings. The van der Waals surface area contributed by atoms with E-state index < -0.39 is 0 Å². The summed E-state index contributed by atoms with van der Waals surface area (Å²) in [6.07, 6.45) is 5.94. The lowest BCUT2D eigenvalue weighted by Gasteiger charge is -2.28. The van der Waals surface area contributed by atoms with E-state index in [0.717, 1.165) is 52.5 Å². The Labute approximate surface area is 219 Å². The van der Waals surface area contributed by atoms with E-state index in [1.165, 1.54) is 7.11 Å². The molecule has 38 heavy (non-hydrogen) atoms. The Bertz CT molecular complexity index is 1490. The molecule has 3 aromatic heterocycles. The van der Waals surface area contributed by atoms with Gasteiger partial charge in [0.1, 0.15) is 5.82 Å². The number of morpholine rings is 1. The molecule has 0 spiro atoms. The van der Waals surface area contributed by atoms with E-state index in [4.69, 9.17) is 25.2 Å². The maximum absolute atomic E-state index is 12.0. The highest BCUT2D eigenvalue weighted by Gasteiger charge is 2.29. The standard InChI is InChI=1S/C27H26N8O3/c1-37-25(36)18-4-2-3-17(13-18)22-14-20(5-7-29-22)35-8-6-21-23(19-15-30-26(28)31-16-19)32-27(33-24(21)35)34-9-11-38-12-10-34/h2-5,7,13-16H,6,8-12H2,1H3,(H2,28,30,31). The first-order valence-electron chi connectivity index (χ1n) is 12.3. The van der Waals surface area contributed by atoms with Crippen LogP contribution < -0.4 is 15.5 Å². The summed E-state index contributed by atoms with van der Waals surface area (Å²) in [5, 5.41) is 0. The molecule has 0 unspecified atom stereocenters. The number of benzene rings is 1. The number of aromatic nitrogens is 5. The molecule has 192 valence electrons. The average molecular weight is 511 g/mol. The monoisotopic (exact) mass is 510 g/mol. The molecule has 1 fully saturated rings. The first-order chi connectivity index (χ1) is 18.6. The maximum Gasteiger partial charge on any atom is 0.337 e. The van der Waals surface area contributed by atoms with Gasteiger partial charge in [0.15, 0.2) is 0 Å². The van der Waals surface area contributed by atoms with Gasteiger partial charge >= 0.3 is 5.97 Å². The predicted octanol–water partition coefficient (Wildman–Crippen LogP) is 2.90. The van der Waals surface area contributed by atoms with Gasteiger partial charge in [-0.3, -0.25) is 4.98 Å². The molecular weight excluding hydrogens is 484 g/mol. The summed E-state index contributed by atoms with van der Waals surface area (Å²) in [5.41, 5.74) is 11.4. The highest BCUT2D eigenvalue weighted by Crippen LogP contribution is 2.39. The largest absolute Gasteiger partial charge is 0.465 e. The van der Waals surface area contributed by atoms with E-state index in [0.29, 0.717) is 37.8 Å². The van der Waals surface area contributed by atoms with Gasteiger partial charge in [0.2, 0.25) is 11.9 Å². The van der Waals surface area contributed by atoms with Crippen molar-refractivity contribution in [1.29, 1.82) is 0 Å². The van der Waals surface area contributed by atoms with Crippen LogP contribution in [0.15, 0.2) is 55.0 Å². The number of ether oxygens (including phenoxy) is 2. The van der Waals surface area contributed by atoms with E-state index in [1.54, 1.807) is 30.7 Å². The third kappa shape index (κ3) is 4.48. The molecule has 0 bridgehead atoms. The van der Waals surface area contributed by atoms with Gasteiger partial charge in [0, 0.05) is 60.6 Å². The van der Waals surface area contributed by atoms with Crippen molar-refractivity contribution in [2.24, 2.45) is 0 Å². The molecule has 5 heterocycles. The van der Waals surface area contributed by atoms with E-state index in [2.05, 4.69) is 24.8 Å². The molecule has 0 aliphatic carbocycles. The first-order valence-corrected chi connectivity index (χ1v) is 12.3. The number of nitrogens with two attached hydrogens (primary N) is 1. The number of pyridine rings is 1. The Morgan fingerprint density at radius 3 is 2.61 bits per heavy atom. The molecule has 0 atom stereocenters. The molecule has 2 aliphatic heterocycles. The number of nitrogen functional groups attached to an aromatic ring is 1. The summed E-state index contributed by atoms with van der Waals surface area (Å²) in [6, 6.07) is 11.2. The Morgan fingerprint density at radius 2 is 1.82 bits per heavy atom. The molecule has 6 rings (SSSR count). The molecule has 11 nitrogen and oxygen atoms in total. The number of hydrogen-bond acceptors (Lipinski definition) is 11. The van der Waals surface area contributed by atoms with Crippen LogP contribution >= 0.6 is 0 Å². The number of anilines is 4. The average Bonchev–Trinajstić information content (AvgIpc) is 3.41. The van der Waals surface area contributed by atoms with Crippen LogP contribution in [-0.2, 0) is 15.9 Å². The fraction of sp³-hybridized carbons (Fsp3) is 0.259. The lowest BCUT2D eigenvalue weighted by molar-refractivity contribution is 0.0600. The van der Waals surface area contributed by atoms with Crippen LogP contribution in [-0.4, -0.2) is 70.8 Å². The van der Waals surface area contributed by atoms with Crippen LogP contribution in [0.5, 0.6) is 0 Å². The normalized spacial score (nSPS) is 14.9. The second kappa shape index (κ2) is 10.0. The predicted molar refractivity (Wildman–Crippen MR) is 142 cm³/mol. The van der Waals surface area contributed by atoms with Crippen molar-refractivity contribution < 1.29 is 14.3 Å². The smallest absolute Gasteiger partial charge is 0.337 e. The molecule has 0 saturated carbocycles. The van der Waals surface area contributed by atoms with Gasteiger partial charge < -0.3 is 25.0 Å². The molecule has 0 radical (unpaired) electrons. The number of nitrogens with zero attached hydrogens (tertiary/aromatic N) is 7. The minimum Gasteiger partial charge on any atom is -0.465 e. The van der Waals surface area contributed by atoms with E-state index in [9.17, 15) is 4.79 Å². The number of rotatable bonds is 5. The maximum atomic E-state index is 12.0. The van der Waals surface area contributed by atoms with Crippen LogP contribution in [0.4, 0.5) is 23.4 Å². The number of hydrogen-bond donors (Lipinski definition) is 1. The van der Waals surface area contributed by atoms with Crippen molar-refractivity contribution in [1.82, 2.24) is 24.9 Å². The number of carbonyl (C=O) groups is 1. The highest BCUT2D eigenvalue weighted by molar-refractivity contribution is 5.91. The van der Waals surface area contributed by atoms with Crippen LogP contribution in [0, 0.1) is 0 Å². The Kier molecular flexibility index (Phi) is 6.26. The van der Waals surface area contributed by atoms with Gasteiger partial charge in [0.05, 0.1) is 37.3 Å². The molecule has 1 saturated heterocycles. The van der Waals surface area contributed by atoms with Crippen molar-refractivity contribution in [3.05, 3.63) is 66.1 Å². The van der Waals surface area contributed by atoms with E-state index in [1.807, 2.05) is 24.3 Å². The molecule has 2 N–H and O–H groups in total. The molecule has 1 aromatic carbocycles. The highest BCUT2D eigenvalue weighted by atomic mass is 16.5. The van der Waals surface area contributed by atoms with Crippen molar-refractivity contribution in [3.8, 4) is 22.5 Å². The van der Waals surface area contributed by atoms with Gasteiger partial charge in [-0.2, -0.15) is 4.98 Å². The quantitative estimate of drug-likeness (QED) is 0.397. The summed E-state index contributed by atoms with van der Waals surface area (Å²) in [4.78, 5) is 39.3. The number of esters is 1. The van der Waals surface area contributed by atoms with Crippen molar-refractivity contribution in [3.63, 3.8) is 0 Å². The van der Waals surface area contributed by atoms with Crippen LogP contribution in [0.1, 0.15) is 15.9 Å². The second-order valence-electron chi connectivity index (χ2n) is 8.98. The second-order valence-corrected chi connectivity index (χ2v) is 8.98. The summed E-state index contributed by atoms with van der Waals surface area (Å²) < 4.78 is 10.4. The number of fused-ring (bicyclic) bond motifs is 1. The van der Waals surface area contributed by atoms with Crippen LogP contribution in [0.2, 0.25) is 0 Å². The first kappa shape index (κ1) is 23.7. The van der Waals surface area contributed by atoms with E-state index >= 15 is 0 Å². The van der Waals surface area contributed by atoms with Crippen LogP contribution in [0.25, 0.3) is 22.5 Å². The molecule has 2 aliphatic rings. The van der Waals surface area contributed by atoms with Crippen molar-refractivity contribution >= 4 is 29.4 Å². The number of carbonyl (C=O) groups excluding carboxylic acids is 1. The minimum atomic E-state index is -0.386. The third-order valence-electron chi connectivity index (χ3n) is 6.69. The van der Waals surface area contributed by atoms with E-state index in [-0.39, 0.29) is 11.9 Å². The minimum absolute atomic E-state index is 0.218.